The second kappa shape index (κ2) is 15.9. The molecule has 41 valence electrons. The fourth-order valence-electron chi connectivity index (χ4n) is 0.144. The van der Waals surface area contributed by atoms with E-state index in [9.17, 15) is 5.11 Å². The first-order valence-electron chi connectivity index (χ1n) is 2.00. The molecule has 0 saturated carbocycles. The Kier molecular flexibility index (Phi) is 35.6. The molecule has 0 rings (SSSR count). The number of rotatable bonds is 2. The van der Waals surface area contributed by atoms with Crippen molar-refractivity contribution in [1.29, 1.82) is 0 Å². The van der Waals surface area contributed by atoms with Crippen LogP contribution < -0.4 is 5.11 Å². The number of unbranched alkanes of at least 4 members (excludes halogenated alkanes) is 1. The van der Waals surface area contributed by atoms with Gasteiger partial charge >= 0.3 is 21.7 Å². The first kappa shape index (κ1) is 15.6. The second-order valence-corrected chi connectivity index (χ2v) is 1.06. The van der Waals surface area contributed by atoms with Gasteiger partial charge in [0.15, 0.2) is 0 Å². The number of hydrogen-bond donors (Lipinski definition) is 0. The van der Waals surface area contributed by atoms with Crippen molar-refractivity contribution in [3.63, 3.8) is 0 Å². The van der Waals surface area contributed by atoms with Crippen molar-refractivity contribution < 1.29 is 32.3 Å². The monoisotopic (exact) mass is 137 g/mol. The molecule has 0 saturated heterocycles. The molecule has 3 heteroatoms. The van der Waals surface area contributed by atoms with Gasteiger partial charge in [-0.2, -0.15) is 0 Å². The van der Waals surface area contributed by atoms with E-state index in [-0.39, 0.29) is 33.8 Å². The predicted molar refractivity (Wildman–Crippen MR) is 20.5 cm³/mol. The maximum absolute atomic E-state index is 9.53. The van der Waals surface area contributed by atoms with E-state index in [0.29, 0.717) is 0 Å². The van der Waals surface area contributed by atoms with E-state index >= 15 is 0 Å². The van der Waals surface area contributed by atoms with Crippen LogP contribution in [0.25, 0.3) is 0 Å². The topological polar surface area (TPSA) is 51.6 Å². The summed E-state index contributed by atoms with van der Waals surface area (Å²) in [5.41, 5.74) is 0. The third kappa shape index (κ3) is 20.5. The molecule has 0 aliphatic rings. The van der Waals surface area contributed by atoms with Gasteiger partial charge in [0, 0.05) is 0 Å². The molecule has 0 bridgehead atoms. The molecule has 7 heavy (non-hydrogen) atoms. The summed E-state index contributed by atoms with van der Waals surface area (Å²) < 4.78 is 0. The molecule has 0 aliphatic carbocycles. The first-order valence-corrected chi connectivity index (χ1v) is 2.00. The summed E-state index contributed by atoms with van der Waals surface area (Å²) in [5.74, 6) is 0. The Morgan fingerprint density at radius 2 is 1.86 bits per heavy atom. The Morgan fingerprint density at radius 1 is 1.43 bits per heavy atom. The van der Waals surface area contributed by atoms with Gasteiger partial charge in [0.1, 0.15) is 0 Å². The molecule has 0 amide bonds. The van der Waals surface area contributed by atoms with Crippen molar-refractivity contribution in [3.8, 4) is 0 Å². The molecular formula is C4H9O2Ti. The van der Waals surface area contributed by atoms with Crippen molar-refractivity contribution in [2.75, 3.05) is 6.61 Å². The zero-order chi connectivity index (χ0) is 4.12. The van der Waals surface area contributed by atoms with Gasteiger partial charge in [-0.05, 0) is 0 Å². The van der Waals surface area contributed by atoms with Crippen LogP contribution in [0, 0.1) is 0 Å². The summed E-state index contributed by atoms with van der Waals surface area (Å²) in [5, 5.41) is 9.53. The molecule has 0 aliphatic heterocycles. The fraction of sp³-hybridized carbons (Fsp3) is 1.00. The third-order valence-corrected chi connectivity index (χ3v) is 0.498. The van der Waals surface area contributed by atoms with Crippen LogP contribution in [-0.4, -0.2) is 6.61 Å². The van der Waals surface area contributed by atoms with E-state index < -0.39 is 0 Å². The van der Waals surface area contributed by atoms with Crippen LogP contribution in [0.1, 0.15) is 19.8 Å². The van der Waals surface area contributed by atoms with Crippen molar-refractivity contribution in [1.82, 2.24) is 0 Å². The standard InChI is InChI=1S/C4H9O.O.Ti/c1-2-3-4-5;;/h2-4H2,1H3;;/q-1;-2;+3. The molecule has 0 unspecified atom stereocenters. The van der Waals surface area contributed by atoms with Crippen LogP contribution in [-0.2, 0) is 27.2 Å². The van der Waals surface area contributed by atoms with E-state index in [0.717, 1.165) is 12.8 Å². The maximum atomic E-state index is 9.53. The van der Waals surface area contributed by atoms with Gasteiger partial charge in [-0.25, -0.2) is 0 Å². The zero-order valence-corrected chi connectivity index (χ0v) is 6.00. The third-order valence-electron chi connectivity index (χ3n) is 0.498. The summed E-state index contributed by atoms with van der Waals surface area (Å²) in [7, 11) is 0. The smallest absolute Gasteiger partial charge is 2.00 e. The molecule has 0 fully saturated rings. The van der Waals surface area contributed by atoms with Crippen LogP contribution in [0.5, 0.6) is 0 Å². The largest absolute Gasteiger partial charge is 3.00 e. The van der Waals surface area contributed by atoms with E-state index in [2.05, 4.69) is 0 Å². The van der Waals surface area contributed by atoms with Crippen molar-refractivity contribution >= 4 is 0 Å². The summed E-state index contributed by atoms with van der Waals surface area (Å²) in [6.45, 7) is 2.11. The van der Waals surface area contributed by atoms with Crippen LogP contribution in [0.2, 0.25) is 0 Å². The van der Waals surface area contributed by atoms with E-state index in [1.165, 1.54) is 0 Å². The molecule has 0 atom stereocenters. The van der Waals surface area contributed by atoms with Crippen LogP contribution in [0.4, 0.5) is 0 Å². The second-order valence-electron chi connectivity index (χ2n) is 1.06. The average molecular weight is 137 g/mol. The van der Waals surface area contributed by atoms with Crippen LogP contribution in [0.15, 0.2) is 0 Å². The van der Waals surface area contributed by atoms with Gasteiger partial charge in [-0.3, -0.25) is 0 Å². The van der Waals surface area contributed by atoms with Gasteiger partial charge in [-0.15, -0.1) is 6.61 Å². The van der Waals surface area contributed by atoms with Crippen LogP contribution in [0.3, 0.4) is 0 Å². The van der Waals surface area contributed by atoms with Gasteiger partial charge in [0.2, 0.25) is 0 Å². The van der Waals surface area contributed by atoms with E-state index in [1.807, 2.05) is 6.92 Å². The Balaban J connectivity index is -0.0000000800. The van der Waals surface area contributed by atoms with E-state index in [1.54, 1.807) is 0 Å². The average Bonchev–Trinajstić information content (AvgIpc) is 1.41. The molecule has 1 radical (unpaired) electrons. The Bertz CT molecular complexity index is 17.2. The summed E-state index contributed by atoms with van der Waals surface area (Å²) in [4.78, 5) is 0. The number of hydrogen-bond acceptors (Lipinski definition) is 1. The Morgan fingerprint density at radius 3 is 1.86 bits per heavy atom. The molecular weight excluding hydrogens is 128 g/mol. The molecule has 2 nitrogen and oxygen atoms in total. The minimum absolute atomic E-state index is 0. The van der Waals surface area contributed by atoms with Gasteiger partial charge in [0.25, 0.3) is 0 Å². The zero-order valence-electron chi connectivity index (χ0n) is 4.44. The molecule has 0 aromatic heterocycles. The molecule has 0 aromatic rings. The minimum atomic E-state index is 0. The van der Waals surface area contributed by atoms with Crippen molar-refractivity contribution in [2.45, 2.75) is 19.8 Å². The summed E-state index contributed by atoms with van der Waals surface area (Å²) in [6.07, 6.45) is 1.86. The summed E-state index contributed by atoms with van der Waals surface area (Å²) in [6, 6.07) is 0. The Hall–Kier alpha value is 0.634. The van der Waals surface area contributed by atoms with Crippen LogP contribution >= 0.6 is 0 Å². The molecule has 0 spiro atoms. The van der Waals surface area contributed by atoms with Gasteiger partial charge in [0.05, 0.1) is 0 Å². The Labute approximate surface area is 59.1 Å². The minimum Gasteiger partial charge on any atom is -2.00 e. The predicted octanol–water partition coefficient (Wildman–Crippen LogP) is 0.0255. The molecule has 0 N–H and O–H groups in total. The van der Waals surface area contributed by atoms with Crippen molar-refractivity contribution in [3.05, 3.63) is 0 Å². The molecule has 0 heterocycles. The van der Waals surface area contributed by atoms with E-state index in [4.69, 9.17) is 0 Å². The maximum Gasteiger partial charge on any atom is 3.00 e. The van der Waals surface area contributed by atoms with Gasteiger partial charge < -0.3 is 10.6 Å². The quantitative estimate of drug-likeness (QED) is 0.495. The van der Waals surface area contributed by atoms with Crippen molar-refractivity contribution in [2.24, 2.45) is 0 Å². The molecule has 0 aromatic carbocycles. The fourth-order valence-corrected chi connectivity index (χ4v) is 0.144. The summed E-state index contributed by atoms with van der Waals surface area (Å²) >= 11 is 0. The first-order chi connectivity index (χ1) is 2.41. The SMILES string of the molecule is CCCC[O-].[O-2].[Ti+3]. The normalized spacial score (nSPS) is 6.00. The van der Waals surface area contributed by atoms with Gasteiger partial charge in [-0.1, -0.05) is 19.8 Å².